The first kappa shape index (κ1) is 6.88. The summed E-state index contributed by atoms with van der Waals surface area (Å²) < 4.78 is 14.4. The molecule has 9 heavy (non-hydrogen) atoms. The number of thiocarbonyl (C=S) groups is 1. The molecule has 51 valence electrons. The van der Waals surface area contributed by atoms with Gasteiger partial charge in [0.2, 0.25) is 6.41 Å². The standard InChI is InChI=1S/C4H6NO3S/c9-1-5-4-7-2-6-3-8-4/h4H,2-3H2,(H,5,9). The molecule has 4 nitrogen and oxygen atoms in total. The Balaban J connectivity index is 2.15. The highest BCUT2D eigenvalue weighted by molar-refractivity contribution is 7.78. The molecule has 0 atom stereocenters. The highest BCUT2D eigenvalue weighted by Gasteiger charge is 2.10. The van der Waals surface area contributed by atoms with Crippen LogP contribution in [0.5, 0.6) is 0 Å². The maximum atomic E-state index is 4.83. The number of rotatable bonds is 2. The van der Waals surface area contributed by atoms with E-state index in [9.17, 15) is 0 Å². The molecule has 0 aromatic rings. The van der Waals surface area contributed by atoms with E-state index in [0.29, 0.717) is 0 Å². The van der Waals surface area contributed by atoms with Gasteiger partial charge in [0.1, 0.15) is 5.49 Å². The van der Waals surface area contributed by atoms with E-state index in [1.54, 1.807) is 0 Å². The molecular weight excluding hydrogens is 142 g/mol. The van der Waals surface area contributed by atoms with E-state index in [1.807, 2.05) is 0 Å². The second-order valence-corrected chi connectivity index (χ2v) is 1.56. The molecule has 0 spiro atoms. The Kier molecular flexibility index (Phi) is 2.85. The fourth-order valence-corrected chi connectivity index (χ4v) is 0.530. The summed E-state index contributed by atoms with van der Waals surface area (Å²) in [6, 6.07) is 0. The Morgan fingerprint density at radius 3 is 2.67 bits per heavy atom. The maximum absolute atomic E-state index is 4.83. The second kappa shape index (κ2) is 3.73. The van der Waals surface area contributed by atoms with Gasteiger partial charge in [0, 0.05) is 0 Å². The van der Waals surface area contributed by atoms with Crippen LogP contribution in [0.2, 0.25) is 0 Å². The molecule has 1 heterocycles. The monoisotopic (exact) mass is 148 g/mol. The normalized spacial score (nSPS) is 21.3. The minimum Gasteiger partial charge on any atom is -0.329 e. The molecule has 1 aliphatic heterocycles. The van der Waals surface area contributed by atoms with Crippen molar-refractivity contribution in [2.45, 2.75) is 6.41 Å². The first-order valence-corrected chi connectivity index (χ1v) is 2.78. The zero-order chi connectivity index (χ0) is 6.53. The lowest BCUT2D eigenvalue weighted by Crippen LogP contribution is -2.37. The van der Waals surface area contributed by atoms with Gasteiger partial charge in [-0.2, -0.15) is 0 Å². The van der Waals surface area contributed by atoms with Crippen LogP contribution >= 0.6 is 12.2 Å². The van der Waals surface area contributed by atoms with Gasteiger partial charge in [0.25, 0.3) is 0 Å². The average molecular weight is 148 g/mol. The third-order valence-corrected chi connectivity index (χ3v) is 0.900. The van der Waals surface area contributed by atoms with Crippen LogP contribution in [0.4, 0.5) is 0 Å². The second-order valence-electron chi connectivity index (χ2n) is 1.35. The van der Waals surface area contributed by atoms with Crippen LogP contribution in [0.3, 0.4) is 0 Å². The van der Waals surface area contributed by atoms with Crippen molar-refractivity contribution in [2.75, 3.05) is 13.6 Å². The van der Waals surface area contributed by atoms with Gasteiger partial charge in [-0.25, -0.2) is 0 Å². The quantitative estimate of drug-likeness (QED) is 0.429. The van der Waals surface area contributed by atoms with E-state index in [1.165, 1.54) is 0 Å². The molecule has 5 heteroatoms. The molecule has 1 rings (SSSR count). The zero-order valence-corrected chi connectivity index (χ0v) is 5.44. The SMILES string of the molecule is S=[C]NC1OCOCO1. The van der Waals surface area contributed by atoms with Crippen LogP contribution in [-0.2, 0) is 14.2 Å². The van der Waals surface area contributed by atoms with Crippen LogP contribution < -0.4 is 5.32 Å². The molecule has 1 fully saturated rings. The lowest BCUT2D eigenvalue weighted by molar-refractivity contribution is -0.302. The van der Waals surface area contributed by atoms with Gasteiger partial charge in [0.15, 0.2) is 13.6 Å². The lowest BCUT2D eigenvalue weighted by Gasteiger charge is -2.21. The minimum atomic E-state index is -0.490. The molecule has 1 radical (unpaired) electrons. The lowest BCUT2D eigenvalue weighted by atomic mass is 11.0. The predicted molar refractivity (Wildman–Crippen MR) is 32.5 cm³/mol. The molecule has 0 aromatic heterocycles. The first-order valence-electron chi connectivity index (χ1n) is 2.37. The van der Waals surface area contributed by atoms with Crippen molar-refractivity contribution in [3.63, 3.8) is 0 Å². The number of ether oxygens (including phenoxy) is 3. The van der Waals surface area contributed by atoms with E-state index >= 15 is 0 Å². The Labute approximate surface area is 58.1 Å². The van der Waals surface area contributed by atoms with Gasteiger partial charge >= 0.3 is 0 Å². The largest absolute Gasteiger partial charge is 0.329 e. The Bertz CT molecular complexity index is 93.8. The summed E-state index contributed by atoms with van der Waals surface area (Å²) in [5.41, 5.74) is 2.27. The number of nitrogens with one attached hydrogen (secondary N) is 1. The highest BCUT2D eigenvalue weighted by atomic mass is 32.1. The zero-order valence-electron chi connectivity index (χ0n) is 4.62. The highest BCUT2D eigenvalue weighted by Crippen LogP contribution is 1.96. The van der Waals surface area contributed by atoms with E-state index in [-0.39, 0.29) is 13.6 Å². The van der Waals surface area contributed by atoms with E-state index in [4.69, 9.17) is 14.2 Å². The van der Waals surface area contributed by atoms with Crippen LogP contribution in [0.25, 0.3) is 0 Å². The van der Waals surface area contributed by atoms with E-state index in [2.05, 4.69) is 23.0 Å². The number of hydrogen-bond donors (Lipinski definition) is 1. The third-order valence-electron chi connectivity index (χ3n) is 0.782. The van der Waals surface area contributed by atoms with Crippen molar-refractivity contribution in [2.24, 2.45) is 0 Å². The van der Waals surface area contributed by atoms with Gasteiger partial charge in [-0.15, -0.1) is 0 Å². The van der Waals surface area contributed by atoms with E-state index < -0.39 is 6.41 Å². The predicted octanol–water partition coefficient (Wildman–Crippen LogP) is -0.328. The van der Waals surface area contributed by atoms with Gasteiger partial charge in [-0.05, 0) is 0 Å². The van der Waals surface area contributed by atoms with E-state index in [0.717, 1.165) is 0 Å². The Hall–Kier alpha value is -0.230. The molecule has 0 saturated carbocycles. The van der Waals surface area contributed by atoms with Crippen LogP contribution in [0.15, 0.2) is 0 Å². The summed E-state index contributed by atoms with van der Waals surface area (Å²) in [7, 11) is 0. The Morgan fingerprint density at radius 1 is 1.44 bits per heavy atom. The minimum absolute atomic E-state index is 0.231. The fourth-order valence-electron chi connectivity index (χ4n) is 0.433. The summed E-state index contributed by atoms with van der Waals surface area (Å²) in [5.74, 6) is 0. The van der Waals surface area contributed by atoms with Gasteiger partial charge in [-0.3, -0.25) is 0 Å². The van der Waals surface area contributed by atoms with Crippen molar-refractivity contribution < 1.29 is 14.2 Å². The van der Waals surface area contributed by atoms with Gasteiger partial charge < -0.3 is 19.5 Å². The first-order chi connectivity index (χ1) is 4.43. The molecule has 0 bridgehead atoms. The van der Waals surface area contributed by atoms with Crippen molar-refractivity contribution >= 4 is 17.7 Å². The molecule has 0 aliphatic carbocycles. The molecular formula is C4H6NO3S. The van der Waals surface area contributed by atoms with Crippen LogP contribution in [0, 0.1) is 0 Å². The summed E-state index contributed by atoms with van der Waals surface area (Å²) in [4.78, 5) is 0. The van der Waals surface area contributed by atoms with Crippen LogP contribution in [-0.4, -0.2) is 25.5 Å². The third kappa shape index (κ3) is 2.23. The van der Waals surface area contributed by atoms with Gasteiger partial charge in [-0.1, -0.05) is 12.2 Å². The molecule has 0 aromatic carbocycles. The summed E-state index contributed by atoms with van der Waals surface area (Å²) >= 11 is 4.37. The van der Waals surface area contributed by atoms with Crippen molar-refractivity contribution in [1.82, 2.24) is 5.32 Å². The Morgan fingerprint density at radius 2 is 2.11 bits per heavy atom. The van der Waals surface area contributed by atoms with Crippen molar-refractivity contribution in [1.29, 1.82) is 0 Å². The van der Waals surface area contributed by atoms with Crippen molar-refractivity contribution in [3.8, 4) is 0 Å². The number of hydrogen-bond acceptors (Lipinski definition) is 4. The van der Waals surface area contributed by atoms with Crippen molar-refractivity contribution in [3.05, 3.63) is 0 Å². The molecule has 1 saturated heterocycles. The molecule has 0 unspecified atom stereocenters. The smallest absolute Gasteiger partial charge is 0.242 e. The average Bonchev–Trinajstić information content (AvgIpc) is 1.91. The fraction of sp³-hybridized carbons (Fsp3) is 0.750. The summed E-state index contributed by atoms with van der Waals surface area (Å²) in [6.07, 6.45) is -0.490. The topological polar surface area (TPSA) is 39.7 Å². The summed E-state index contributed by atoms with van der Waals surface area (Å²) in [5, 5.41) is 2.52. The van der Waals surface area contributed by atoms with Crippen LogP contribution in [0.1, 0.15) is 0 Å². The molecule has 1 aliphatic rings. The molecule has 1 N–H and O–H groups in total. The molecule has 0 amide bonds. The maximum Gasteiger partial charge on any atom is 0.242 e. The van der Waals surface area contributed by atoms with Gasteiger partial charge in [0.05, 0.1) is 0 Å². The summed E-state index contributed by atoms with van der Waals surface area (Å²) in [6.45, 7) is 0.462.